The second kappa shape index (κ2) is 6.65. The molecule has 0 aliphatic heterocycles. The molecule has 1 aromatic heterocycles. The van der Waals surface area contributed by atoms with Crippen molar-refractivity contribution in [2.45, 2.75) is 5.92 Å². The molecule has 0 aliphatic rings. The average molecular weight is 275 g/mol. The van der Waals surface area contributed by atoms with Crippen molar-refractivity contribution < 1.29 is 18.7 Å². The second-order valence-corrected chi connectivity index (χ2v) is 4.13. The molecule has 0 aliphatic carbocycles. The van der Waals surface area contributed by atoms with Crippen molar-refractivity contribution in [2.24, 2.45) is 0 Å². The van der Waals surface area contributed by atoms with E-state index in [1.807, 2.05) is 0 Å². The van der Waals surface area contributed by atoms with Crippen molar-refractivity contribution in [1.29, 1.82) is 0 Å². The third-order valence-electron chi connectivity index (χ3n) is 2.81. The van der Waals surface area contributed by atoms with Crippen molar-refractivity contribution in [3.8, 4) is 5.75 Å². The average Bonchev–Trinajstić information content (AvgIpc) is 2.50. The Labute approximate surface area is 116 Å². The zero-order valence-corrected chi connectivity index (χ0v) is 11.0. The summed E-state index contributed by atoms with van der Waals surface area (Å²) < 4.78 is 23.2. The Morgan fingerprint density at radius 3 is 2.65 bits per heavy atom. The van der Waals surface area contributed by atoms with Crippen LogP contribution in [0.2, 0.25) is 0 Å². The van der Waals surface area contributed by atoms with E-state index in [0.29, 0.717) is 11.3 Å². The molecule has 0 amide bonds. The quantitative estimate of drug-likeness (QED) is 0.787. The van der Waals surface area contributed by atoms with E-state index in [1.54, 1.807) is 36.7 Å². The van der Waals surface area contributed by atoms with Gasteiger partial charge in [0.1, 0.15) is 24.1 Å². The van der Waals surface area contributed by atoms with Crippen molar-refractivity contribution in [2.75, 3.05) is 13.7 Å². The van der Waals surface area contributed by atoms with E-state index in [9.17, 15) is 9.18 Å². The summed E-state index contributed by atoms with van der Waals surface area (Å²) in [7, 11) is 1.31. The van der Waals surface area contributed by atoms with Gasteiger partial charge in [-0.05, 0) is 29.8 Å². The van der Waals surface area contributed by atoms with Gasteiger partial charge < -0.3 is 9.47 Å². The third kappa shape index (κ3) is 3.54. The van der Waals surface area contributed by atoms with E-state index in [1.165, 1.54) is 19.2 Å². The smallest absolute Gasteiger partial charge is 0.316 e. The number of carbonyl (C=O) groups excluding carboxylic acids is 1. The molecule has 0 N–H and O–H groups in total. The maximum Gasteiger partial charge on any atom is 0.316 e. The highest BCUT2D eigenvalue weighted by Crippen LogP contribution is 2.20. The standard InChI is InChI=1S/C15H14FNO3/c1-19-15(18)14(11-4-6-12(16)7-5-11)10-20-13-3-2-8-17-9-13/h2-9,14H,10H2,1H3. The number of esters is 1. The summed E-state index contributed by atoms with van der Waals surface area (Å²) in [5, 5.41) is 0. The first-order valence-corrected chi connectivity index (χ1v) is 6.07. The van der Waals surface area contributed by atoms with Crippen molar-refractivity contribution >= 4 is 5.97 Å². The summed E-state index contributed by atoms with van der Waals surface area (Å²) in [6.45, 7) is 0.101. The minimum Gasteiger partial charge on any atom is -0.491 e. The first-order valence-electron chi connectivity index (χ1n) is 6.07. The van der Waals surface area contributed by atoms with Crippen molar-refractivity contribution in [3.63, 3.8) is 0 Å². The molecule has 2 rings (SSSR count). The molecule has 0 spiro atoms. The van der Waals surface area contributed by atoms with Gasteiger partial charge in [-0.15, -0.1) is 0 Å². The molecular weight excluding hydrogens is 261 g/mol. The minimum atomic E-state index is -0.610. The van der Waals surface area contributed by atoms with E-state index in [0.717, 1.165) is 0 Å². The first-order chi connectivity index (χ1) is 9.70. The summed E-state index contributed by atoms with van der Waals surface area (Å²) in [6, 6.07) is 9.17. The number of nitrogens with zero attached hydrogens (tertiary/aromatic N) is 1. The fourth-order valence-corrected chi connectivity index (χ4v) is 1.75. The fourth-order valence-electron chi connectivity index (χ4n) is 1.75. The number of rotatable bonds is 5. The van der Waals surface area contributed by atoms with Gasteiger partial charge in [-0.1, -0.05) is 12.1 Å². The molecule has 1 heterocycles. The molecule has 1 atom stereocenters. The van der Waals surface area contributed by atoms with Gasteiger partial charge in [-0.2, -0.15) is 0 Å². The predicted octanol–water partition coefficient (Wildman–Crippen LogP) is 2.56. The Bertz CT molecular complexity index is 557. The molecular formula is C15H14FNO3. The number of ether oxygens (including phenoxy) is 2. The highest BCUT2D eigenvalue weighted by Gasteiger charge is 2.22. The molecule has 0 saturated heterocycles. The number of benzene rings is 1. The van der Waals surface area contributed by atoms with Crippen LogP contribution >= 0.6 is 0 Å². The lowest BCUT2D eigenvalue weighted by atomic mass is 10.0. The lowest BCUT2D eigenvalue weighted by molar-refractivity contribution is -0.143. The van der Waals surface area contributed by atoms with Gasteiger partial charge in [0.15, 0.2) is 0 Å². The van der Waals surface area contributed by atoms with Gasteiger partial charge in [0.2, 0.25) is 0 Å². The Balaban J connectivity index is 2.12. The van der Waals surface area contributed by atoms with Gasteiger partial charge in [0.25, 0.3) is 0 Å². The number of carbonyl (C=O) groups is 1. The fraction of sp³-hybridized carbons (Fsp3) is 0.200. The molecule has 5 heteroatoms. The van der Waals surface area contributed by atoms with Gasteiger partial charge >= 0.3 is 5.97 Å². The van der Waals surface area contributed by atoms with Crippen LogP contribution < -0.4 is 4.74 Å². The van der Waals surface area contributed by atoms with Crippen LogP contribution in [0.3, 0.4) is 0 Å². The van der Waals surface area contributed by atoms with Gasteiger partial charge in [-0.25, -0.2) is 4.39 Å². The molecule has 20 heavy (non-hydrogen) atoms. The zero-order chi connectivity index (χ0) is 14.4. The predicted molar refractivity (Wildman–Crippen MR) is 70.9 cm³/mol. The lowest BCUT2D eigenvalue weighted by Crippen LogP contribution is -2.21. The van der Waals surface area contributed by atoms with Crippen LogP contribution in [0.4, 0.5) is 4.39 Å². The van der Waals surface area contributed by atoms with Crippen LogP contribution in [0, 0.1) is 5.82 Å². The summed E-state index contributed by atoms with van der Waals surface area (Å²) in [6.07, 6.45) is 3.18. The van der Waals surface area contributed by atoms with E-state index < -0.39 is 11.9 Å². The molecule has 104 valence electrons. The number of halogens is 1. The summed E-state index contributed by atoms with van der Waals surface area (Å²) in [5.74, 6) is -0.838. The second-order valence-electron chi connectivity index (χ2n) is 4.13. The van der Waals surface area contributed by atoms with Crippen LogP contribution in [0.15, 0.2) is 48.8 Å². The molecule has 4 nitrogen and oxygen atoms in total. The third-order valence-corrected chi connectivity index (χ3v) is 2.81. The Morgan fingerprint density at radius 2 is 2.05 bits per heavy atom. The van der Waals surface area contributed by atoms with Crippen molar-refractivity contribution in [3.05, 3.63) is 60.2 Å². The van der Waals surface area contributed by atoms with Crippen LogP contribution in [0.25, 0.3) is 0 Å². The SMILES string of the molecule is COC(=O)C(COc1cccnc1)c1ccc(F)cc1. The summed E-state index contributed by atoms with van der Waals surface area (Å²) in [5.41, 5.74) is 0.641. The first kappa shape index (κ1) is 14.0. The number of hydrogen-bond acceptors (Lipinski definition) is 4. The van der Waals surface area contributed by atoms with Crippen LogP contribution in [0.5, 0.6) is 5.75 Å². The number of methoxy groups -OCH3 is 1. The van der Waals surface area contributed by atoms with Crippen LogP contribution in [-0.4, -0.2) is 24.7 Å². The molecule has 1 unspecified atom stereocenters. The number of hydrogen-bond donors (Lipinski definition) is 0. The minimum absolute atomic E-state index is 0.101. The lowest BCUT2D eigenvalue weighted by Gasteiger charge is -2.15. The van der Waals surface area contributed by atoms with E-state index in [2.05, 4.69) is 4.98 Å². The molecule has 0 saturated carbocycles. The monoisotopic (exact) mass is 275 g/mol. The zero-order valence-electron chi connectivity index (χ0n) is 11.0. The highest BCUT2D eigenvalue weighted by atomic mass is 19.1. The molecule has 1 aromatic carbocycles. The molecule has 0 radical (unpaired) electrons. The van der Waals surface area contributed by atoms with Gasteiger partial charge in [-0.3, -0.25) is 9.78 Å². The van der Waals surface area contributed by atoms with Crippen molar-refractivity contribution in [1.82, 2.24) is 4.98 Å². The highest BCUT2D eigenvalue weighted by molar-refractivity contribution is 5.78. The normalized spacial score (nSPS) is 11.7. The van der Waals surface area contributed by atoms with Crippen LogP contribution in [0.1, 0.15) is 11.5 Å². The maximum absolute atomic E-state index is 12.9. The topological polar surface area (TPSA) is 48.4 Å². The summed E-state index contributed by atoms with van der Waals surface area (Å²) in [4.78, 5) is 15.7. The molecule has 0 fully saturated rings. The molecule has 2 aromatic rings. The number of aromatic nitrogens is 1. The van der Waals surface area contributed by atoms with E-state index in [4.69, 9.17) is 9.47 Å². The Kier molecular flexibility index (Phi) is 4.65. The Hall–Kier alpha value is -2.43. The molecule has 0 bridgehead atoms. The van der Waals surface area contributed by atoms with E-state index >= 15 is 0 Å². The summed E-state index contributed by atoms with van der Waals surface area (Å²) >= 11 is 0. The Morgan fingerprint density at radius 1 is 1.30 bits per heavy atom. The van der Waals surface area contributed by atoms with Gasteiger partial charge in [0.05, 0.1) is 13.3 Å². The number of pyridine rings is 1. The largest absolute Gasteiger partial charge is 0.491 e. The van der Waals surface area contributed by atoms with Crippen LogP contribution in [-0.2, 0) is 9.53 Å². The maximum atomic E-state index is 12.9. The van der Waals surface area contributed by atoms with Gasteiger partial charge in [0, 0.05) is 6.20 Å². The van der Waals surface area contributed by atoms with E-state index in [-0.39, 0.29) is 12.4 Å².